The Morgan fingerprint density at radius 3 is 3.12 bits per heavy atom. The monoisotopic (exact) mass is 345 g/mol. The number of amides is 1. The molecule has 8 nitrogen and oxygen atoms in total. The minimum atomic E-state index is -0.478. The largest absolute Gasteiger partial charge is 0.390 e. The van der Waals surface area contributed by atoms with Gasteiger partial charge in [-0.1, -0.05) is 0 Å². The van der Waals surface area contributed by atoms with Gasteiger partial charge in [-0.2, -0.15) is 5.10 Å². The van der Waals surface area contributed by atoms with Gasteiger partial charge in [-0.25, -0.2) is 4.98 Å². The molecule has 0 radical (unpaired) electrons. The number of aromatic nitrogens is 4. The lowest BCUT2D eigenvalue weighted by Gasteiger charge is -2.31. The Morgan fingerprint density at radius 1 is 1.48 bits per heavy atom. The van der Waals surface area contributed by atoms with Gasteiger partial charge in [0, 0.05) is 44.0 Å². The van der Waals surface area contributed by atoms with E-state index in [2.05, 4.69) is 25.5 Å². The van der Waals surface area contributed by atoms with Gasteiger partial charge in [0.25, 0.3) is 0 Å². The van der Waals surface area contributed by atoms with Gasteiger partial charge < -0.3 is 15.2 Å². The Bertz CT molecular complexity index is 691. The number of nitrogens with one attached hydrogen (secondary N) is 2. The molecule has 1 saturated carbocycles. The van der Waals surface area contributed by atoms with E-state index in [-0.39, 0.29) is 17.9 Å². The van der Waals surface area contributed by atoms with E-state index >= 15 is 0 Å². The molecule has 2 aromatic rings. The van der Waals surface area contributed by atoms with Crippen LogP contribution in [0.5, 0.6) is 0 Å². The highest BCUT2D eigenvalue weighted by Gasteiger charge is 2.32. The molecular weight excluding hydrogens is 322 g/mol. The zero-order valence-corrected chi connectivity index (χ0v) is 14.2. The number of aliphatic hydroxyl groups is 1. The zero-order valence-electron chi connectivity index (χ0n) is 14.2. The number of pyridine rings is 1. The molecule has 1 aliphatic carbocycles. The highest BCUT2D eigenvalue weighted by Crippen LogP contribution is 2.26. The number of carbonyl (C=O) groups is 1. The molecule has 0 bridgehead atoms. The van der Waals surface area contributed by atoms with Crippen LogP contribution in [0.3, 0.4) is 0 Å². The maximum absolute atomic E-state index is 12.3. The zero-order chi connectivity index (χ0) is 17.6. The molecule has 134 valence electrons. The first-order valence-corrected chi connectivity index (χ1v) is 8.47. The van der Waals surface area contributed by atoms with Gasteiger partial charge in [-0.3, -0.25) is 14.9 Å². The van der Waals surface area contributed by atoms with E-state index in [1.165, 1.54) is 0 Å². The van der Waals surface area contributed by atoms with Gasteiger partial charge >= 0.3 is 0 Å². The number of aromatic amines is 1. The summed E-state index contributed by atoms with van der Waals surface area (Å²) >= 11 is 0. The Kier molecular flexibility index (Phi) is 5.72. The van der Waals surface area contributed by atoms with Gasteiger partial charge in [0.15, 0.2) is 5.82 Å². The molecule has 0 unspecified atom stereocenters. The number of hydrogen-bond donors (Lipinski definition) is 3. The maximum Gasteiger partial charge on any atom is 0.223 e. The third-order valence-corrected chi connectivity index (χ3v) is 4.54. The molecule has 25 heavy (non-hydrogen) atoms. The molecule has 0 aromatic carbocycles. The second-order valence-corrected chi connectivity index (χ2v) is 6.24. The van der Waals surface area contributed by atoms with Crippen LogP contribution < -0.4 is 5.32 Å². The van der Waals surface area contributed by atoms with E-state index < -0.39 is 6.10 Å². The van der Waals surface area contributed by atoms with Crippen LogP contribution >= 0.6 is 0 Å². The van der Waals surface area contributed by atoms with Crippen molar-refractivity contribution in [3.05, 3.63) is 30.4 Å². The SMILES string of the molecule is CO[C@@H]1C[C@H](C(=O)NCCc2nc(-c3cccnc3)n[nH]2)CC[C@@H]1O. The molecule has 3 N–H and O–H groups in total. The number of rotatable bonds is 6. The molecule has 2 heterocycles. The fourth-order valence-corrected chi connectivity index (χ4v) is 3.08. The summed E-state index contributed by atoms with van der Waals surface area (Å²) in [5.41, 5.74) is 0.848. The molecule has 0 spiro atoms. The highest BCUT2D eigenvalue weighted by atomic mass is 16.5. The second-order valence-electron chi connectivity index (χ2n) is 6.24. The van der Waals surface area contributed by atoms with E-state index in [1.807, 2.05) is 12.1 Å². The summed E-state index contributed by atoms with van der Waals surface area (Å²) in [7, 11) is 1.57. The topological polar surface area (TPSA) is 113 Å². The Balaban J connectivity index is 1.47. The van der Waals surface area contributed by atoms with Gasteiger partial charge in [0.1, 0.15) is 5.82 Å². The average molecular weight is 345 g/mol. The smallest absolute Gasteiger partial charge is 0.223 e. The summed E-state index contributed by atoms with van der Waals surface area (Å²) in [4.78, 5) is 20.7. The van der Waals surface area contributed by atoms with Crippen molar-refractivity contribution < 1.29 is 14.6 Å². The van der Waals surface area contributed by atoms with E-state index in [4.69, 9.17) is 4.74 Å². The second kappa shape index (κ2) is 8.17. The molecule has 0 saturated heterocycles. The lowest BCUT2D eigenvalue weighted by Crippen LogP contribution is -2.41. The van der Waals surface area contributed by atoms with Gasteiger partial charge in [-0.15, -0.1) is 0 Å². The fourth-order valence-electron chi connectivity index (χ4n) is 3.08. The number of aliphatic hydroxyl groups excluding tert-OH is 1. The van der Waals surface area contributed by atoms with E-state index in [9.17, 15) is 9.90 Å². The van der Waals surface area contributed by atoms with Crippen molar-refractivity contribution in [1.29, 1.82) is 0 Å². The third kappa shape index (κ3) is 4.40. The minimum Gasteiger partial charge on any atom is -0.390 e. The van der Waals surface area contributed by atoms with Crippen molar-refractivity contribution >= 4 is 5.91 Å². The molecule has 3 atom stereocenters. The van der Waals surface area contributed by atoms with Crippen LogP contribution in [-0.4, -0.2) is 57.0 Å². The lowest BCUT2D eigenvalue weighted by molar-refractivity contribution is -0.130. The molecule has 1 fully saturated rings. The molecule has 1 amide bonds. The first-order valence-electron chi connectivity index (χ1n) is 8.47. The van der Waals surface area contributed by atoms with E-state index in [0.717, 1.165) is 5.56 Å². The van der Waals surface area contributed by atoms with Crippen LogP contribution in [0.15, 0.2) is 24.5 Å². The van der Waals surface area contributed by atoms with E-state index in [1.54, 1.807) is 19.5 Å². The van der Waals surface area contributed by atoms with Gasteiger partial charge in [0.2, 0.25) is 5.91 Å². The van der Waals surface area contributed by atoms with Crippen molar-refractivity contribution in [2.24, 2.45) is 5.92 Å². The standard InChI is InChI=1S/C17H23N5O3/c1-25-14-9-11(4-5-13(14)23)17(24)19-8-6-15-20-16(22-21-15)12-3-2-7-18-10-12/h2-3,7,10-11,13-14,23H,4-6,8-9H2,1H3,(H,19,24)(H,20,21,22)/t11-,13+,14-/m1/s1. The first kappa shape index (κ1) is 17.5. The van der Waals surface area contributed by atoms with Crippen molar-refractivity contribution in [2.45, 2.75) is 37.9 Å². The summed E-state index contributed by atoms with van der Waals surface area (Å²) in [6.45, 7) is 0.483. The van der Waals surface area contributed by atoms with Gasteiger partial charge in [0.05, 0.1) is 12.2 Å². The molecule has 2 aromatic heterocycles. The Labute approximate surface area is 146 Å². The molecular formula is C17H23N5O3. The Morgan fingerprint density at radius 2 is 2.36 bits per heavy atom. The van der Waals surface area contributed by atoms with Crippen LogP contribution in [-0.2, 0) is 16.0 Å². The van der Waals surface area contributed by atoms with Crippen molar-refractivity contribution in [1.82, 2.24) is 25.5 Å². The number of methoxy groups -OCH3 is 1. The van der Waals surface area contributed by atoms with Crippen LogP contribution in [0.2, 0.25) is 0 Å². The molecule has 1 aliphatic rings. The summed E-state index contributed by atoms with van der Waals surface area (Å²) in [6, 6.07) is 3.73. The predicted molar refractivity (Wildman–Crippen MR) is 90.5 cm³/mol. The van der Waals surface area contributed by atoms with Crippen LogP contribution in [0, 0.1) is 5.92 Å². The van der Waals surface area contributed by atoms with E-state index in [0.29, 0.717) is 43.9 Å². The Hall–Kier alpha value is -2.32. The molecule has 3 rings (SSSR count). The quantitative estimate of drug-likeness (QED) is 0.710. The average Bonchev–Trinajstić information content (AvgIpc) is 3.11. The maximum atomic E-state index is 12.3. The van der Waals surface area contributed by atoms with Crippen LogP contribution in [0.1, 0.15) is 25.1 Å². The van der Waals surface area contributed by atoms with Gasteiger partial charge in [-0.05, 0) is 31.4 Å². The predicted octanol–water partition coefficient (Wildman–Crippen LogP) is 0.701. The summed E-state index contributed by atoms with van der Waals surface area (Å²) in [5.74, 6) is 1.20. The summed E-state index contributed by atoms with van der Waals surface area (Å²) in [5, 5.41) is 19.8. The number of ether oxygens (including phenoxy) is 1. The summed E-state index contributed by atoms with van der Waals surface area (Å²) in [6.07, 6.45) is 5.06. The van der Waals surface area contributed by atoms with Crippen LogP contribution in [0.25, 0.3) is 11.4 Å². The normalized spacial score (nSPS) is 23.4. The highest BCUT2D eigenvalue weighted by molar-refractivity contribution is 5.78. The van der Waals surface area contributed by atoms with Crippen LogP contribution in [0.4, 0.5) is 0 Å². The lowest BCUT2D eigenvalue weighted by atomic mass is 9.84. The minimum absolute atomic E-state index is 0.000878. The third-order valence-electron chi connectivity index (χ3n) is 4.54. The number of nitrogens with zero attached hydrogens (tertiary/aromatic N) is 3. The van der Waals surface area contributed by atoms with Crippen molar-refractivity contribution in [3.8, 4) is 11.4 Å². The molecule has 8 heteroatoms. The number of hydrogen-bond acceptors (Lipinski definition) is 6. The molecule has 0 aliphatic heterocycles. The first-order chi connectivity index (χ1) is 12.2. The summed E-state index contributed by atoms with van der Waals surface area (Å²) < 4.78 is 5.24. The van der Waals surface area contributed by atoms with Crippen molar-refractivity contribution in [3.63, 3.8) is 0 Å². The number of carbonyl (C=O) groups excluding carboxylic acids is 1. The number of H-pyrrole nitrogens is 1. The van der Waals surface area contributed by atoms with Crippen molar-refractivity contribution in [2.75, 3.05) is 13.7 Å². The fraction of sp³-hybridized carbons (Fsp3) is 0.529.